The SMILES string of the molecule is CC[C@@H](CC(=O)O)n1c(=O)c2ccccc2n(Cc2snc3cc(C)cc(C)c23)c1=O. The van der Waals surface area contributed by atoms with Crippen LogP contribution in [0.5, 0.6) is 0 Å². The van der Waals surface area contributed by atoms with Gasteiger partial charge in [0.05, 0.1) is 40.3 Å². The molecular weight excluding hydrogens is 414 g/mol. The van der Waals surface area contributed by atoms with Crippen LogP contribution in [0.1, 0.15) is 41.8 Å². The third kappa shape index (κ3) is 3.67. The summed E-state index contributed by atoms with van der Waals surface area (Å²) in [7, 11) is 0. The second-order valence-electron chi connectivity index (χ2n) is 7.80. The highest BCUT2D eigenvalue weighted by Crippen LogP contribution is 2.28. The summed E-state index contributed by atoms with van der Waals surface area (Å²) in [6.45, 7) is 6.08. The summed E-state index contributed by atoms with van der Waals surface area (Å²) in [6, 6.07) is 10.4. The van der Waals surface area contributed by atoms with E-state index in [1.54, 1.807) is 35.8 Å². The first-order chi connectivity index (χ1) is 14.8. The molecule has 0 aliphatic carbocycles. The molecular formula is C23H23N3O4S. The lowest BCUT2D eigenvalue weighted by Crippen LogP contribution is -2.43. The predicted octanol–water partition coefficient (Wildman–Crippen LogP) is 3.86. The van der Waals surface area contributed by atoms with Gasteiger partial charge in [-0.1, -0.05) is 25.1 Å². The minimum absolute atomic E-state index is 0.258. The number of fused-ring (bicyclic) bond motifs is 2. The van der Waals surface area contributed by atoms with E-state index in [4.69, 9.17) is 0 Å². The lowest BCUT2D eigenvalue weighted by atomic mass is 10.1. The summed E-state index contributed by atoms with van der Waals surface area (Å²) in [4.78, 5) is 38.9. The third-order valence-electron chi connectivity index (χ3n) is 5.62. The summed E-state index contributed by atoms with van der Waals surface area (Å²) < 4.78 is 7.23. The zero-order chi connectivity index (χ0) is 22.3. The summed E-state index contributed by atoms with van der Waals surface area (Å²) in [5.74, 6) is -1.04. The van der Waals surface area contributed by atoms with Crippen LogP contribution in [0.15, 0.2) is 46.0 Å². The zero-order valence-corrected chi connectivity index (χ0v) is 18.4. The quantitative estimate of drug-likeness (QED) is 0.494. The van der Waals surface area contributed by atoms with E-state index in [1.807, 2.05) is 19.9 Å². The maximum Gasteiger partial charge on any atom is 0.332 e. The first-order valence-electron chi connectivity index (χ1n) is 10.1. The van der Waals surface area contributed by atoms with Crippen molar-refractivity contribution in [2.45, 2.75) is 46.2 Å². The molecule has 7 nitrogen and oxygen atoms in total. The van der Waals surface area contributed by atoms with Crippen LogP contribution in [0.4, 0.5) is 0 Å². The Balaban J connectivity index is 1.97. The summed E-state index contributed by atoms with van der Waals surface area (Å²) >= 11 is 1.34. The summed E-state index contributed by atoms with van der Waals surface area (Å²) in [6.07, 6.45) is 0.0769. The molecule has 0 fully saturated rings. The van der Waals surface area contributed by atoms with Crippen molar-refractivity contribution >= 4 is 39.3 Å². The molecule has 0 saturated heterocycles. The molecule has 2 heterocycles. The second kappa shape index (κ2) is 8.11. The Morgan fingerprint density at radius 3 is 2.65 bits per heavy atom. The van der Waals surface area contributed by atoms with E-state index in [9.17, 15) is 19.5 Å². The van der Waals surface area contributed by atoms with Gasteiger partial charge in [0.2, 0.25) is 0 Å². The van der Waals surface area contributed by atoms with Crippen molar-refractivity contribution in [3.05, 3.63) is 73.2 Å². The van der Waals surface area contributed by atoms with Crippen molar-refractivity contribution in [1.29, 1.82) is 0 Å². The van der Waals surface area contributed by atoms with E-state index in [2.05, 4.69) is 10.4 Å². The van der Waals surface area contributed by atoms with Crippen LogP contribution in [-0.4, -0.2) is 24.6 Å². The number of carboxylic acids is 1. The minimum Gasteiger partial charge on any atom is -0.481 e. The maximum absolute atomic E-state index is 13.5. The molecule has 1 atom stereocenters. The molecule has 0 aliphatic heterocycles. The number of carbonyl (C=O) groups is 1. The Morgan fingerprint density at radius 1 is 1.19 bits per heavy atom. The van der Waals surface area contributed by atoms with Crippen LogP contribution >= 0.6 is 11.5 Å². The van der Waals surface area contributed by atoms with Gasteiger partial charge in [-0.2, -0.15) is 4.37 Å². The predicted molar refractivity (Wildman–Crippen MR) is 122 cm³/mol. The fourth-order valence-electron chi connectivity index (χ4n) is 4.22. The molecule has 0 saturated carbocycles. The van der Waals surface area contributed by atoms with Gasteiger partial charge < -0.3 is 5.11 Å². The van der Waals surface area contributed by atoms with Crippen LogP contribution in [0, 0.1) is 13.8 Å². The van der Waals surface area contributed by atoms with E-state index in [-0.39, 0.29) is 13.0 Å². The highest BCUT2D eigenvalue weighted by Gasteiger charge is 2.22. The Morgan fingerprint density at radius 2 is 1.94 bits per heavy atom. The minimum atomic E-state index is -1.04. The Kier molecular flexibility index (Phi) is 5.49. The van der Waals surface area contributed by atoms with Crippen molar-refractivity contribution in [2.24, 2.45) is 0 Å². The highest BCUT2D eigenvalue weighted by molar-refractivity contribution is 7.07. The monoisotopic (exact) mass is 437 g/mol. The van der Waals surface area contributed by atoms with Crippen molar-refractivity contribution in [2.75, 3.05) is 0 Å². The van der Waals surface area contributed by atoms with Crippen molar-refractivity contribution in [3.63, 3.8) is 0 Å². The highest BCUT2D eigenvalue weighted by atomic mass is 32.1. The molecule has 2 aromatic carbocycles. The van der Waals surface area contributed by atoms with Crippen LogP contribution in [0.25, 0.3) is 21.8 Å². The average Bonchev–Trinajstić information content (AvgIpc) is 3.12. The number of benzene rings is 2. The molecule has 0 spiro atoms. The van der Waals surface area contributed by atoms with Crippen LogP contribution in [0.2, 0.25) is 0 Å². The van der Waals surface area contributed by atoms with Gasteiger partial charge in [0, 0.05) is 5.39 Å². The number of aromatic nitrogens is 3. The second-order valence-corrected chi connectivity index (χ2v) is 8.66. The van der Waals surface area contributed by atoms with Gasteiger partial charge in [-0.3, -0.25) is 18.7 Å². The van der Waals surface area contributed by atoms with Crippen molar-refractivity contribution in [1.82, 2.24) is 13.5 Å². The Bertz CT molecular complexity index is 1430. The summed E-state index contributed by atoms with van der Waals surface area (Å²) in [5, 5.41) is 10.7. The molecule has 0 unspecified atom stereocenters. The van der Waals surface area contributed by atoms with E-state index in [0.717, 1.165) is 31.5 Å². The fourth-order valence-corrected chi connectivity index (χ4v) is 5.11. The Hall–Kier alpha value is -3.26. The van der Waals surface area contributed by atoms with E-state index in [1.165, 1.54) is 11.5 Å². The number of hydrogen-bond donors (Lipinski definition) is 1. The topological polar surface area (TPSA) is 94.2 Å². The largest absolute Gasteiger partial charge is 0.481 e. The Labute approximate surface area is 182 Å². The van der Waals surface area contributed by atoms with Gasteiger partial charge in [0.15, 0.2) is 0 Å². The van der Waals surface area contributed by atoms with Crippen LogP contribution in [-0.2, 0) is 11.3 Å². The molecule has 1 N–H and O–H groups in total. The van der Waals surface area contributed by atoms with Gasteiger partial charge in [-0.15, -0.1) is 0 Å². The van der Waals surface area contributed by atoms with Gasteiger partial charge in [0.25, 0.3) is 5.56 Å². The molecule has 0 radical (unpaired) electrons. The number of para-hydroxylation sites is 1. The third-order valence-corrected chi connectivity index (χ3v) is 6.46. The lowest BCUT2D eigenvalue weighted by molar-refractivity contribution is -0.138. The maximum atomic E-state index is 13.5. The normalized spacial score (nSPS) is 12.5. The molecule has 31 heavy (non-hydrogen) atoms. The van der Waals surface area contributed by atoms with E-state index in [0.29, 0.717) is 17.3 Å². The first kappa shape index (κ1) is 21.0. The molecule has 4 rings (SSSR count). The standard InChI is InChI=1S/C23H23N3O4S/c1-4-15(11-20(27)28)26-22(29)16-7-5-6-8-18(16)25(23(26)30)12-19-21-14(3)9-13(2)10-17(21)24-31-19/h5-10,15H,4,11-12H2,1-3H3,(H,27,28)/t15-/m0/s1. The van der Waals surface area contributed by atoms with Gasteiger partial charge in [-0.25, -0.2) is 4.79 Å². The molecule has 2 aromatic heterocycles. The van der Waals surface area contributed by atoms with Gasteiger partial charge in [-0.05, 0) is 61.1 Å². The van der Waals surface area contributed by atoms with Crippen LogP contribution in [0.3, 0.4) is 0 Å². The number of rotatable bonds is 6. The fraction of sp³-hybridized carbons (Fsp3) is 0.304. The molecule has 4 aromatic rings. The number of aryl methyl sites for hydroxylation is 2. The molecule has 0 amide bonds. The van der Waals surface area contributed by atoms with Crippen LogP contribution < -0.4 is 11.2 Å². The number of carboxylic acid groups (broad SMARTS) is 1. The lowest BCUT2D eigenvalue weighted by Gasteiger charge is -2.19. The molecule has 0 aliphatic rings. The zero-order valence-electron chi connectivity index (χ0n) is 17.6. The van der Waals surface area contributed by atoms with E-state index >= 15 is 0 Å². The average molecular weight is 438 g/mol. The number of hydrogen-bond acceptors (Lipinski definition) is 5. The molecule has 0 bridgehead atoms. The molecule has 160 valence electrons. The van der Waals surface area contributed by atoms with Crippen molar-refractivity contribution in [3.8, 4) is 0 Å². The number of aliphatic carboxylic acids is 1. The number of nitrogens with zero attached hydrogens (tertiary/aromatic N) is 3. The van der Waals surface area contributed by atoms with E-state index < -0.39 is 23.3 Å². The van der Waals surface area contributed by atoms with Gasteiger partial charge in [0.1, 0.15) is 0 Å². The summed E-state index contributed by atoms with van der Waals surface area (Å²) in [5.41, 5.74) is 2.68. The smallest absolute Gasteiger partial charge is 0.332 e. The molecule has 8 heteroatoms. The van der Waals surface area contributed by atoms with Gasteiger partial charge >= 0.3 is 11.7 Å². The van der Waals surface area contributed by atoms with Crippen molar-refractivity contribution < 1.29 is 9.90 Å². The first-order valence-corrected chi connectivity index (χ1v) is 10.9.